The average Bonchev–Trinajstić information content (AvgIpc) is 2.36. The normalized spacial score (nSPS) is 19.4. The SMILES string of the molecule is Cl.NC1CCCN(c2cccc(OCC(F)(F)F)n2)C1. The third-order valence-electron chi connectivity index (χ3n) is 2.87. The third kappa shape index (κ3) is 5.05. The van der Waals surface area contributed by atoms with E-state index in [4.69, 9.17) is 5.73 Å². The molecule has 0 radical (unpaired) electrons. The number of pyridine rings is 1. The molecule has 2 heterocycles. The van der Waals surface area contributed by atoms with Crippen molar-refractivity contribution in [2.24, 2.45) is 5.73 Å². The highest BCUT2D eigenvalue weighted by Gasteiger charge is 2.28. The Labute approximate surface area is 121 Å². The second kappa shape index (κ2) is 6.99. The van der Waals surface area contributed by atoms with Crippen LogP contribution in [0.2, 0.25) is 0 Å². The molecule has 1 aromatic heterocycles. The molecule has 8 heteroatoms. The van der Waals surface area contributed by atoms with Crippen molar-refractivity contribution in [3.8, 4) is 5.88 Å². The molecule has 4 nitrogen and oxygen atoms in total. The van der Waals surface area contributed by atoms with Crippen LogP contribution in [0, 0.1) is 0 Å². The molecule has 1 aliphatic heterocycles. The zero-order valence-electron chi connectivity index (χ0n) is 10.8. The van der Waals surface area contributed by atoms with Crippen LogP contribution in [0.1, 0.15) is 12.8 Å². The Morgan fingerprint density at radius 2 is 2.15 bits per heavy atom. The number of nitrogens with zero attached hydrogens (tertiary/aromatic N) is 2. The summed E-state index contributed by atoms with van der Waals surface area (Å²) in [4.78, 5) is 6.05. The fraction of sp³-hybridized carbons (Fsp3) is 0.583. The maximum Gasteiger partial charge on any atom is 0.422 e. The average molecular weight is 312 g/mol. The third-order valence-corrected chi connectivity index (χ3v) is 2.87. The van der Waals surface area contributed by atoms with E-state index < -0.39 is 12.8 Å². The first-order chi connectivity index (χ1) is 8.94. The second-order valence-corrected chi connectivity index (χ2v) is 4.59. The van der Waals surface area contributed by atoms with Crippen molar-refractivity contribution in [3.63, 3.8) is 0 Å². The zero-order chi connectivity index (χ0) is 13.9. The number of piperidine rings is 1. The van der Waals surface area contributed by atoms with Crippen molar-refractivity contribution < 1.29 is 17.9 Å². The van der Waals surface area contributed by atoms with Crippen molar-refractivity contribution >= 4 is 18.2 Å². The van der Waals surface area contributed by atoms with Gasteiger partial charge < -0.3 is 15.4 Å². The van der Waals surface area contributed by atoms with E-state index in [-0.39, 0.29) is 24.3 Å². The van der Waals surface area contributed by atoms with Gasteiger partial charge in [0.1, 0.15) is 5.82 Å². The first kappa shape index (κ1) is 16.8. The van der Waals surface area contributed by atoms with Crippen molar-refractivity contribution in [2.45, 2.75) is 25.1 Å². The van der Waals surface area contributed by atoms with Crippen LogP contribution in [-0.2, 0) is 0 Å². The first-order valence-electron chi connectivity index (χ1n) is 6.11. The minimum absolute atomic E-state index is 0. The van der Waals surface area contributed by atoms with Gasteiger partial charge in [-0.15, -0.1) is 12.4 Å². The molecular weight excluding hydrogens is 295 g/mol. The van der Waals surface area contributed by atoms with Crippen LogP contribution in [0.5, 0.6) is 5.88 Å². The van der Waals surface area contributed by atoms with E-state index in [1.165, 1.54) is 6.07 Å². The van der Waals surface area contributed by atoms with Crippen LogP contribution < -0.4 is 15.4 Å². The quantitative estimate of drug-likeness (QED) is 0.931. The predicted molar refractivity (Wildman–Crippen MR) is 72.5 cm³/mol. The summed E-state index contributed by atoms with van der Waals surface area (Å²) in [5, 5.41) is 0. The monoisotopic (exact) mass is 311 g/mol. The topological polar surface area (TPSA) is 51.4 Å². The van der Waals surface area contributed by atoms with Crippen molar-refractivity contribution in [1.82, 2.24) is 4.98 Å². The van der Waals surface area contributed by atoms with Crippen LogP contribution in [0.25, 0.3) is 0 Å². The number of ether oxygens (including phenoxy) is 1. The Bertz CT molecular complexity index is 431. The number of nitrogens with two attached hydrogens (primary N) is 1. The minimum Gasteiger partial charge on any atom is -0.468 e. The molecule has 0 aliphatic carbocycles. The Morgan fingerprint density at radius 1 is 1.40 bits per heavy atom. The van der Waals surface area contributed by atoms with Crippen molar-refractivity contribution in [3.05, 3.63) is 18.2 Å². The van der Waals surface area contributed by atoms with Crippen LogP contribution in [0.4, 0.5) is 19.0 Å². The molecule has 1 aliphatic rings. The number of alkyl halides is 3. The number of rotatable bonds is 3. The summed E-state index contributed by atoms with van der Waals surface area (Å²) in [5.41, 5.74) is 5.87. The standard InChI is InChI=1S/C12H16F3N3O.ClH/c13-12(14,15)8-19-11-5-1-4-10(17-11)18-6-2-3-9(16)7-18;/h1,4-5,9H,2-3,6-8,16H2;1H. The summed E-state index contributed by atoms with van der Waals surface area (Å²) in [6.45, 7) is 0.141. The molecule has 0 spiro atoms. The number of halogens is 4. The Balaban J connectivity index is 0.00000200. The lowest BCUT2D eigenvalue weighted by atomic mass is 10.1. The molecule has 0 aromatic carbocycles. The van der Waals surface area contributed by atoms with Gasteiger partial charge in [-0.25, -0.2) is 0 Å². The lowest BCUT2D eigenvalue weighted by Gasteiger charge is -2.31. The van der Waals surface area contributed by atoms with Gasteiger partial charge in [0.15, 0.2) is 6.61 Å². The summed E-state index contributed by atoms with van der Waals surface area (Å²) in [7, 11) is 0. The highest BCUT2D eigenvalue weighted by atomic mass is 35.5. The highest BCUT2D eigenvalue weighted by molar-refractivity contribution is 5.85. The van der Waals surface area contributed by atoms with Gasteiger partial charge in [0.05, 0.1) is 0 Å². The van der Waals surface area contributed by atoms with Gasteiger partial charge in [0.2, 0.25) is 5.88 Å². The van der Waals surface area contributed by atoms with Gasteiger partial charge in [-0.1, -0.05) is 6.07 Å². The number of hydrogen-bond acceptors (Lipinski definition) is 4. The highest BCUT2D eigenvalue weighted by Crippen LogP contribution is 2.21. The fourth-order valence-corrected chi connectivity index (χ4v) is 2.03. The second-order valence-electron chi connectivity index (χ2n) is 4.59. The van der Waals surface area contributed by atoms with Gasteiger partial charge in [-0.05, 0) is 18.9 Å². The summed E-state index contributed by atoms with van der Waals surface area (Å²) in [6.07, 6.45) is -2.44. The molecule has 20 heavy (non-hydrogen) atoms. The van der Waals surface area contributed by atoms with Crippen LogP contribution in [0.15, 0.2) is 18.2 Å². The molecular formula is C12H17ClF3N3O. The van der Waals surface area contributed by atoms with E-state index in [0.29, 0.717) is 12.4 Å². The van der Waals surface area contributed by atoms with E-state index in [0.717, 1.165) is 19.4 Å². The van der Waals surface area contributed by atoms with E-state index in [1.807, 2.05) is 4.90 Å². The molecule has 0 amide bonds. The lowest BCUT2D eigenvalue weighted by molar-refractivity contribution is -0.154. The summed E-state index contributed by atoms with van der Waals surface area (Å²) in [6, 6.07) is 4.88. The minimum atomic E-state index is -4.36. The fourth-order valence-electron chi connectivity index (χ4n) is 2.03. The van der Waals surface area contributed by atoms with E-state index in [2.05, 4.69) is 9.72 Å². The summed E-state index contributed by atoms with van der Waals surface area (Å²) < 4.78 is 40.8. The lowest BCUT2D eigenvalue weighted by Crippen LogP contribution is -2.43. The Morgan fingerprint density at radius 3 is 2.80 bits per heavy atom. The van der Waals surface area contributed by atoms with Gasteiger partial charge in [0.25, 0.3) is 0 Å². The Hall–Kier alpha value is -1.21. The van der Waals surface area contributed by atoms with E-state index >= 15 is 0 Å². The Kier molecular flexibility index (Phi) is 5.88. The molecule has 0 saturated carbocycles. The van der Waals surface area contributed by atoms with Gasteiger partial charge in [-0.2, -0.15) is 18.2 Å². The molecule has 1 aromatic rings. The number of anilines is 1. The van der Waals surface area contributed by atoms with E-state index in [1.54, 1.807) is 12.1 Å². The molecule has 114 valence electrons. The first-order valence-corrected chi connectivity index (χ1v) is 6.11. The molecule has 2 N–H and O–H groups in total. The number of hydrogen-bond donors (Lipinski definition) is 1. The predicted octanol–water partition coefficient (Wildman–Crippen LogP) is 2.37. The van der Waals surface area contributed by atoms with Gasteiger partial charge in [0, 0.05) is 25.2 Å². The summed E-state index contributed by atoms with van der Waals surface area (Å²) >= 11 is 0. The van der Waals surface area contributed by atoms with Gasteiger partial charge >= 0.3 is 6.18 Å². The van der Waals surface area contributed by atoms with Crippen LogP contribution >= 0.6 is 12.4 Å². The maximum absolute atomic E-state index is 12.1. The molecule has 0 bridgehead atoms. The zero-order valence-corrected chi connectivity index (χ0v) is 11.6. The molecule has 1 unspecified atom stereocenters. The van der Waals surface area contributed by atoms with Crippen molar-refractivity contribution in [2.75, 3.05) is 24.6 Å². The number of aromatic nitrogens is 1. The van der Waals surface area contributed by atoms with Crippen molar-refractivity contribution in [1.29, 1.82) is 0 Å². The molecule has 1 saturated heterocycles. The smallest absolute Gasteiger partial charge is 0.422 e. The molecule has 1 atom stereocenters. The summed E-state index contributed by atoms with van der Waals surface area (Å²) in [5.74, 6) is 0.587. The van der Waals surface area contributed by atoms with Gasteiger partial charge in [-0.3, -0.25) is 0 Å². The van der Waals surface area contributed by atoms with Crippen LogP contribution in [-0.4, -0.2) is 36.9 Å². The largest absolute Gasteiger partial charge is 0.468 e. The maximum atomic E-state index is 12.1. The van der Waals surface area contributed by atoms with Crippen LogP contribution in [0.3, 0.4) is 0 Å². The molecule has 2 rings (SSSR count). The molecule has 1 fully saturated rings. The van der Waals surface area contributed by atoms with E-state index in [9.17, 15) is 13.2 Å².